The van der Waals surface area contributed by atoms with Crippen LogP contribution in [0.25, 0.3) is 0 Å². The third-order valence-corrected chi connectivity index (χ3v) is 3.53. The van der Waals surface area contributed by atoms with E-state index in [1.54, 1.807) is 18.3 Å². The van der Waals surface area contributed by atoms with E-state index in [2.05, 4.69) is 10.1 Å². The van der Waals surface area contributed by atoms with Gasteiger partial charge >= 0.3 is 0 Å². The second kappa shape index (κ2) is 4.46. The molecule has 0 amide bonds. The average molecular weight is 284 g/mol. The van der Waals surface area contributed by atoms with Gasteiger partial charge in [-0.25, -0.2) is 0 Å². The monoisotopic (exact) mass is 284 g/mol. The van der Waals surface area contributed by atoms with E-state index in [1.807, 2.05) is 0 Å². The molecule has 2 aliphatic rings. The molecule has 1 aromatic heterocycles. The summed E-state index contributed by atoms with van der Waals surface area (Å²) in [5.41, 5.74) is 1.32. The molecule has 0 saturated carbocycles. The number of fused-ring (bicyclic) bond motifs is 3. The van der Waals surface area contributed by atoms with Gasteiger partial charge in [0.2, 0.25) is 0 Å². The highest BCUT2D eigenvalue weighted by Crippen LogP contribution is 2.32. The Balaban J connectivity index is 1.78. The third kappa shape index (κ3) is 2.41. The summed E-state index contributed by atoms with van der Waals surface area (Å²) in [5, 5.41) is 3.98. The van der Waals surface area contributed by atoms with Crippen molar-refractivity contribution in [2.24, 2.45) is 11.1 Å². The minimum absolute atomic E-state index is 0.0813. The van der Waals surface area contributed by atoms with E-state index in [0.29, 0.717) is 23.8 Å². The van der Waals surface area contributed by atoms with Crippen molar-refractivity contribution in [2.45, 2.75) is 6.10 Å². The Bertz CT molecular complexity index is 628. The van der Waals surface area contributed by atoms with Crippen molar-refractivity contribution in [3.8, 4) is 5.75 Å². The van der Waals surface area contributed by atoms with Gasteiger partial charge in [-0.1, -0.05) is 5.16 Å². The zero-order chi connectivity index (χ0) is 13.5. The van der Waals surface area contributed by atoms with Gasteiger partial charge in [0.05, 0.1) is 12.2 Å². The van der Waals surface area contributed by atoms with E-state index in [1.165, 1.54) is 0 Å². The summed E-state index contributed by atoms with van der Waals surface area (Å²) in [6.07, 6.45) is 2.17. The number of ether oxygens (including phenoxy) is 1. The van der Waals surface area contributed by atoms with E-state index in [4.69, 9.17) is 13.8 Å². The maximum absolute atomic E-state index is 11.0. The zero-order valence-corrected chi connectivity index (χ0v) is 11.0. The molecule has 8 heteroatoms. The number of aromatic nitrogens is 1. The molecular weight excluding hydrogens is 272 g/mol. The van der Waals surface area contributed by atoms with Gasteiger partial charge in [-0.05, 0) is 12.1 Å². The van der Waals surface area contributed by atoms with Crippen molar-refractivity contribution >= 4 is 15.8 Å². The molecule has 0 aliphatic carbocycles. The number of rotatable bonds is 3. The predicted molar refractivity (Wildman–Crippen MR) is 65.4 cm³/mol. The Morgan fingerprint density at radius 3 is 3.16 bits per heavy atom. The lowest BCUT2D eigenvalue weighted by Crippen LogP contribution is -2.36. The van der Waals surface area contributed by atoms with Crippen LogP contribution in [0.15, 0.2) is 23.5 Å². The van der Waals surface area contributed by atoms with Gasteiger partial charge in [0, 0.05) is 6.20 Å². The molecule has 1 aromatic rings. The number of nitrogens with zero attached hydrogens (tertiary/aromatic N) is 2. The van der Waals surface area contributed by atoms with Gasteiger partial charge < -0.3 is 9.57 Å². The topological polar surface area (TPSA) is 87.1 Å². The van der Waals surface area contributed by atoms with Crippen LogP contribution in [0.2, 0.25) is 0 Å². The summed E-state index contributed by atoms with van der Waals surface area (Å²) in [4.78, 5) is 9.44. The van der Waals surface area contributed by atoms with Crippen LogP contribution in [-0.4, -0.2) is 44.7 Å². The summed E-state index contributed by atoms with van der Waals surface area (Å²) in [6, 6.07) is 3.58. The lowest BCUT2D eigenvalue weighted by Gasteiger charge is -2.23. The quantitative estimate of drug-likeness (QED) is 0.735. The Hall–Kier alpha value is -1.67. The molecular formula is C11H12N2O5S. The molecule has 0 aromatic carbocycles. The van der Waals surface area contributed by atoms with E-state index >= 15 is 0 Å². The first-order valence-electron chi connectivity index (χ1n) is 5.71. The molecule has 0 fully saturated rings. The van der Waals surface area contributed by atoms with Crippen LogP contribution in [0.5, 0.6) is 5.75 Å². The lowest BCUT2D eigenvalue weighted by molar-refractivity contribution is 0.0175. The largest absolute Gasteiger partial charge is 0.490 e. The minimum Gasteiger partial charge on any atom is -0.490 e. The molecule has 102 valence electrons. The summed E-state index contributed by atoms with van der Waals surface area (Å²) >= 11 is 0. The Morgan fingerprint density at radius 2 is 2.37 bits per heavy atom. The van der Waals surface area contributed by atoms with Crippen LogP contribution >= 0.6 is 0 Å². The first kappa shape index (κ1) is 12.4. The van der Waals surface area contributed by atoms with Gasteiger partial charge in [0.25, 0.3) is 10.1 Å². The summed E-state index contributed by atoms with van der Waals surface area (Å²) in [6.45, 7) is 0.289. The number of oxime groups is 1. The van der Waals surface area contributed by atoms with E-state index in [0.717, 1.165) is 6.26 Å². The van der Waals surface area contributed by atoms with Crippen molar-refractivity contribution in [2.75, 3.05) is 19.5 Å². The third-order valence-electron chi connectivity index (χ3n) is 2.96. The predicted octanol–water partition coefficient (Wildman–Crippen LogP) is 0.169. The fourth-order valence-electron chi connectivity index (χ4n) is 2.06. The highest BCUT2D eigenvalue weighted by atomic mass is 32.2. The second-order valence-electron chi connectivity index (χ2n) is 4.38. The lowest BCUT2D eigenvalue weighted by atomic mass is 9.94. The Labute approximate surface area is 110 Å². The molecule has 0 N–H and O–H groups in total. The van der Waals surface area contributed by atoms with E-state index in [-0.39, 0.29) is 12.5 Å². The molecule has 2 unspecified atom stereocenters. The van der Waals surface area contributed by atoms with Crippen LogP contribution in [0, 0.1) is 5.92 Å². The Kier molecular flexibility index (Phi) is 2.90. The molecule has 3 rings (SSSR count). The van der Waals surface area contributed by atoms with Crippen LogP contribution < -0.4 is 4.74 Å². The van der Waals surface area contributed by atoms with Crippen molar-refractivity contribution in [3.05, 3.63) is 24.0 Å². The molecule has 2 aliphatic heterocycles. The average Bonchev–Trinajstić information content (AvgIpc) is 2.79. The normalized spacial score (nSPS) is 24.8. The van der Waals surface area contributed by atoms with Gasteiger partial charge in [0.15, 0.2) is 6.10 Å². The SMILES string of the molecule is CS(=O)(=O)OCC1ON=C2c3ncccc3OCC21. The van der Waals surface area contributed by atoms with Gasteiger partial charge in [-0.2, -0.15) is 8.42 Å². The van der Waals surface area contributed by atoms with Gasteiger partial charge in [-0.15, -0.1) is 0 Å². The first-order chi connectivity index (χ1) is 9.04. The van der Waals surface area contributed by atoms with Crippen LogP contribution in [0.1, 0.15) is 5.69 Å². The molecule has 0 bridgehead atoms. The van der Waals surface area contributed by atoms with Gasteiger partial charge in [-0.3, -0.25) is 9.17 Å². The van der Waals surface area contributed by atoms with Crippen molar-refractivity contribution in [1.29, 1.82) is 0 Å². The summed E-state index contributed by atoms with van der Waals surface area (Å²) in [7, 11) is -3.50. The van der Waals surface area contributed by atoms with E-state index < -0.39 is 16.2 Å². The number of hydrogen-bond donors (Lipinski definition) is 0. The second-order valence-corrected chi connectivity index (χ2v) is 6.02. The number of hydrogen-bond acceptors (Lipinski definition) is 7. The molecule has 0 spiro atoms. The van der Waals surface area contributed by atoms with Crippen molar-refractivity contribution in [1.82, 2.24) is 4.98 Å². The van der Waals surface area contributed by atoms with Crippen LogP contribution in [-0.2, 0) is 19.1 Å². The molecule has 3 heterocycles. The van der Waals surface area contributed by atoms with Crippen LogP contribution in [0.4, 0.5) is 0 Å². The molecule has 7 nitrogen and oxygen atoms in total. The maximum Gasteiger partial charge on any atom is 0.264 e. The summed E-state index contributed by atoms with van der Waals surface area (Å²) < 4.78 is 32.3. The standard InChI is InChI=1S/C11H12N2O5S/c1-19(14,15)17-6-9-7-5-16-8-3-2-4-12-11(8)10(7)13-18-9/h2-4,7,9H,5-6H2,1H3. The van der Waals surface area contributed by atoms with Crippen molar-refractivity contribution < 1.29 is 22.2 Å². The highest BCUT2D eigenvalue weighted by molar-refractivity contribution is 7.85. The van der Waals surface area contributed by atoms with Crippen LogP contribution in [0.3, 0.4) is 0 Å². The highest BCUT2D eigenvalue weighted by Gasteiger charge is 2.41. The maximum atomic E-state index is 11.0. The first-order valence-corrected chi connectivity index (χ1v) is 7.52. The number of pyridine rings is 1. The Morgan fingerprint density at radius 1 is 1.53 bits per heavy atom. The van der Waals surface area contributed by atoms with Gasteiger partial charge in [0.1, 0.15) is 30.4 Å². The molecule has 0 radical (unpaired) electrons. The minimum atomic E-state index is -3.50. The fourth-order valence-corrected chi connectivity index (χ4v) is 2.44. The molecule has 19 heavy (non-hydrogen) atoms. The smallest absolute Gasteiger partial charge is 0.264 e. The molecule has 2 atom stereocenters. The fraction of sp³-hybridized carbons (Fsp3) is 0.455. The van der Waals surface area contributed by atoms with E-state index in [9.17, 15) is 8.42 Å². The zero-order valence-electron chi connectivity index (χ0n) is 10.1. The molecule has 0 saturated heterocycles. The summed E-state index contributed by atoms with van der Waals surface area (Å²) in [5.74, 6) is 0.495. The van der Waals surface area contributed by atoms with Crippen molar-refractivity contribution in [3.63, 3.8) is 0 Å².